The minimum Gasteiger partial charge on any atom is -0.493 e. The lowest BCUT2D eigenvalue weighted by Crippen LogP contribution is -2.19. The molecule has 1 aliphatic rings. The number of ether oxygens (including phenoxy) is 3. The van der Waals surface area contributed by atoms with Gasteiger partial charge < -0.3 is 14.2 Å². The number of hydrogen-bond donors (Lipinski definition) is 1. The van der Waals surface area contributed by atoms with Gasteiger partial charge in [0.2, 0.25) is 0 Å². The van der Waals surface area contributed by atoms with E-state index in [0.29, 0.717) is 18.1 Å². The van der Waals surface area contributed by atoms with Gasteiger partial charge >= 0.3 is 5.97 Å². The molecule has 31 heavy (non-hydrogen) atoms. The summed E-state index contributed by atoms with van der Waals surface area (Å²) in [7, 11) is 2.82. The van der Waals surface area contributed by atoms with Crippen molar-refractivity contribution in [3.63, 3.8) is 0 Å². The van der Waals surface area contributed by atoms with Crippen LogP contribution in [0, 0.1) is 6.92 Å². The van der Waals surface area contributed by atoms with Gasteiger partial charge in [-0.2, -0.15) is 5.10 Å². The summed E-state index contributed by atoms with van der Waals surface area (Å²) in [6.45, 7) is 2.43. The Hall–Kier alpha value is -3.59. The summed E-state index contributed by atoms with van der Waals surface area (Å²) in [6.07, 6.45) is 2.63. The van der Waals surface area contributed by atoms with E-state index < -0.39 is 11.9 Å². The molecule has 2 aromatic carbocycles. The molecule has 1 saturated heterocycles. The van der Waals surface area contributed by atoms with Crippen molar-refractivity contribution < 1.29 is 23.8 Å². The molecule has 0 radical (unpaired) electrons. The van der Waals surface area contributed by atoms with Gasteiger partial charge in [0.25, 0.3) is 5.91 Å². The van der Waals surface area contributed by atoms with E-state index in [1.54, 1.807) is 19.2 Å². The molecule has 0 atom stereocenters. The molecule has 1 aliphatic heterocycles. The Kier molecular flexibility index (Phi) is 7.45. The zero-order valence-corrected chi connectivity index (χ0v) is 18.1. The molecule has 160 valence electrons. The quantitative estimate of drug-likeness (QED) is 0.308. The second kappa shape index (κ2) is 10.4. The highest BCUT2D eigenvalue weighted by Crippen LogP contribution is 2.28. The summed E-state index contributed by atoms with van der Waals surface area (Å²) in [5, 5.41) is 10.8. The van der Waals surface area contributed by atoms with Crippen LogP contribution in [0.1, 0.15) is 16.7 Å². The Balaban J connectivity index is 1.69. The van der Waals surface area contributed by atoms with Crippen LogP contribution in [-0.2, 0) is 20.9 Å². The Morgan fingerprint density at radius 1 is 1.16 bits per heavy atom. The number of thioether (sulfide) groups is 1. The smallest absolute Gasteiger partial charge is 0.331 e. The highest BCUT2D eigenvalue weighted by atomic mass is 32.2. The molecule has 8 nitrogen and oxygen atoms in total. The first-order chi connectivity index (χ1) is 15.0. The normalized spacial score (nSPS) is 16.0. The van der Waals surface area contributed by atoms with Crippen molar-refractivity contribution in [1.82, 2.24) is 5.32 Å². The number of carbonyl (C=O) groups is 2. The minimum absolute atomic E-state index is 0.192. The average Bonchev–Trinajstić information content (AvgIpc) is 3.11. The topological polar surface area (TPSA) is 98.6 Å². The van der Waals surface area contributed by atoms with Crippen molar-refractivity contribution in [3.05, 3.63) is 70.1 Å². The standard InChI is InChI=1S/C22H21N3O5S/c1-14-5-4-6-16(9-14)13-30-18-10-15(7-8-17(18)28-2)12-23-25-22-24-21(27)19(31-22)11-20(26)29-3/h4-12H,13H2,1-3H3,(H,24,25,27)/b19-11+,23-12?. The summed E-state index contributed by atoms with van der Waals surface area (Å²) >= 11 is 1.00. The first kappa shape index (κ1) is 22.1. The molecule has 1 heterocycles. The lowest BCUT2D eigenvalue weighted by atomic mass is 10.1. The summed E-state index contributed by atoms with van der Waals surface area (Å²) in [6, 6.07) is 13.5. The van der Waals surface area contributed by atoms with Gasteiger partial charge in [0.15, 0.2) is 16.7 Å². The monoisotopic (exact) mass is 439 g/mol. The van der Waals surface area contributed by atoms with Crippen molar-refractivity contribution in [2.75, 3.05) is 14.2 Å². The zero-order valence-electron chi connectivity index (χ0n) is 17.2. The molecule has 2 aromatic rings. The van der Waals surface area contributed by atoms with Crippen molar-refractivity contribution in [1.29, 1.82) is 0 Å². The maximum Gasteiger partial charge on any atom is 0.331 e. The van der Waals surface area contributed by atoms with Gasteiger partial charge in [-0.25, -0.2) is 4.79 Å². The van der Waals surface area contributed by atoms with E-state index in [-0.39, 0.29) is 10.1 Å². The number of esters is 1. The van der Waals surface area contributed by atoms with E-state index in [4.69, 9.17) is 9.47 Å². The van der Waals surface area contributed by atoms with Crippen LogP contribution in [-0.4, -0.2) is 37.5 Å². The lowest BCUT2D eigenvalue weighted by Gasteiger charge is -2.11. The number of amidine groups is 1. The van der Waals surface area contributed by atoms with Crippen molar-refractivity contribution in [2.24, 2.45) is 10.2 Å². The largest absolute Gasteiger partial charge is 0.493 e. The maximum atomic E-state index is 11.8. The van der Waals surface area contributed by atoms with Crippen LogP contribution in [0.2, 0.25) is 0 Å². The Labute approximate surface area is 184 Å². The van der Waals surface area contributed by atoms with Crippen molar-refractivity contribution in [3.8, 4) is 11.5 Å². The summed E-state index contributed by atoms with van der Waals surface area (Å²) in [5.74, 6) is 0.138. The van der Waals surface area contributed by atoms with E-state index in [1.807, 2.05) is 31.2 Å². The number of rotatable bonds is 7. The fraction of sp³-hybridized carbons (Fsp3) is 0.182. The lowest BCUT2D eigenvalue weighted by molar-refractivity contribution is -0.135. The predicted octanol–water partition coefficient (Wildman–Crippen LogP) is 3.19. The molecular formula is C22H21N3O5S. The number of amides is 1. The first-order valence-corrected chi connectivity index (χ1v) is 10.1. The van der Waals surface area contributed by atoms with Gasteiger partial charge in [-0.3, -0.25) is 10.1 Å². The highest BCUT2D eigenvalue weighted by molar-refractivity contribution is 8.18. The van der Waals surface area contributed by atoms with Crippen LogP contribution >= 0.6 is 11.8 Å². The summed E-state index contributed by atoms with van der Waals surface area (Å²) in [5.41, 5.74) is 2.95. The van der Waals surface area contributed by atoms with Gasteiger partial charge in [0, 0.05) is 6.08 Å². The van der Waals surface area contributed by atoms with Crippen LogP contribution in [0.15, 0.2) is 63.6 Å². The number of benzene rings is 2. The molecule has 1 fully saturated rings. The van der Waals surface area contributed by atoms with Gasteiger partial charge in [0.1, 0.15) is 6.61 Å². The molecule has 0 bridgehead atoms. The maximum absolute atomic E-state index is 11.8. The Morgan fingerprint density at radius 3 is 2.74 bits per heavy atom. The van der Waals surface area contributed by atoms with Gasteiger partial charge in [0.05, 0.1) is 25.3 Å². The van der Waals surface area contributed by atoms with Gasteiger partial charge in [-0.15, -0.1) is 5.10 Å². The van der Waals surface area contributed by atoms with Crippen LogP contribution in [0.4, 0.5) is 0 Å². The molecule has 1 N–H and O–H groups in total. The SMILES string of the molecule is COC(=O)/C=C1/S/C(=N\N=Cc2ccc(OC)c(OCc3cccc(C)c3)c2)NC1=O. The third-order valence-corrected chi connectivity index (χ3v) is 5.02. The number of methoxy groups -OCH3 is 2. The molecule has 3 rings (SSSR count). The van der Waals surface area contributed by atoms with Crippen LogP contribution < -0.4 is 14.8 Å². The molecule has 0 saturated carbocycles. The second-order valence-corrected chi connectivity index (χ2v) is 7.46. The van der Waals surface area contributed by atoms with Crippen LogP contribution in [0.25, 0.3) is 0 Å². The van der Waals surface area contributed by atoms with Gasteiger partial charge in [-0.1, -0.05) is 29.8 Å². The molecule has 0 spiro atoms. The number of carbonyl (C=O) groups excluding carboxylic acids is 2. The number of hydrogen-bond acceptors (Lipinski definition) is 8. The summed E-state index contributed by atoms with van der Waals surface area (Å²) < 4.78 is 15.8. The van der Waals surface area contributed by atoms with Crippen molar-refractivity contribution in [2.45, 2.75) is 13.5 Å². The fourth-order valence-electron chi connectivity index (χ4n) is 2.64. The van der Waals surface area contributed by atoms with Crippen LogP contribution in [0.5, 0.6) is 11.5 Å². The molecule has 1 amide bonds. The number of nitrogens with one attached hydrogen (secondary N) is 1. The first-order valence-electron chi connectivity index (χ1n) is 9.24. The predicted molar refractivity (Wildman–Crippen MR) is 119 cm³/mol. The van der Waals surface area contributed by atoms with E-state index in [1.165, 1.54) is 13.3 Å². The molecule has 0 unspecified atom stereocenters. The molecule has 9 heteroatoms. The van der Waals surface area contributed by atoms with Crippen molar-refractivity contribution >= 4 is 35.0 Å². The summed E-state index contributed by atoms with van der Waals surface area (Å²) in [4.78, 5) is 23.3. The molecule has 0 aliphatic carbocycles. The zero-order chi connectivity index (χ0) is 22.2. The second-order valence-electron chi connectivity index (χ2n) is 6.43. The number of nitrogens with zero attached hydrogens (tertiary/aromatic N) is 2. The van der Waals surface area contributed by atoms with E-state index in [0.717, 1.165) is 34.5 Å². The molecule has 0 aromatic heterocycles. The Bertz CT molecular complexity index is 1080. The fourth-order valence-corrected chi connectivity index (χ4v) is 3.38. The van der Waals surface area contributed by atoms with E-state index in [9.17, 15) is 9.59 Å². The Morgan fingerprint density at radius 2 is 2.00 bits per heavy atom. The van der Waals surface area contributed by atoms with E-state index in [2.05, 4.69) is 26.3 Å². The number of aryl methyl sites for hydroxylation is 1. The third kappa shape index (κ3) is 6.19. The third-order valence-electron chi connectivity index (χ3n) is 4.12. The van der Waals surface area contributed by atoms with E-state index >= 15 is 0 Å². The molecular weight excluding hydrogens is 418 g/mol. The van der Waals surface area contributed by atoms with Gasteiger partial charge in [-0.05, 0) is 48.0 Å². The average molecular weight is 439 g/mol. The van der Waals surface area contributed by atoms with Crippen LogP contribution in [0.3, 0.4) is 0 Å². The highest BCUT2D eigenvalue weighted by Gasteiger charge is 2.25. The minimum atomic E-state index is -0.612.